The molecule has 0 fully saturated rings. The zero-order valence-electron chi connectivity index (χ0n) is 9.91. The fraction of sp³-hybridized carbons (Fsp3) is 0. The topological polar surface area (TPSA) is 56.2 Å². The Hall–Kier alpha value is -2.05. The normalized spacial score (nSPS) is 10.7. The van der Waals surface area contributed by atoms with Crippen LogP contribution in [0, 0.1) is 0 Å². The maximum atomic E-state index is 5.73. The molecule has 4 nitrogen and oxygen atoms in total. The van der Waals surface area contributed by atoms with Crippen molar-refractivity contribution in [3.05, 3.63) is 47.6 Å². The van der Waals surface area contributed by atoms with Crippen LogP contribution in [0.3, 0.4) is 0 Å². The number of nitrogens with two attached hydrogens (primary N) is 1. The van der Waals surface area contributed by atoms with E-state index in [-0.39, 0.29) is 0 Å². The molecule has 6 heteroatoms. The first-order valence-corrected chi connectivity index (χ1v) is 6.85. The number of nitrogens with zero attached hydrogens (tertiary/aromatic N) is 3. The van der Waals surface area contributed by atoms with Crippen molar-refractivity contribution in [2.24, 2.45) is 5.73 Å². The van der Waals surface area contributed by atoms with Crippen molar-refractivity contribution in [1.82, 2.24) is 14.6 Å². The van der Waals surface area contributed by atoms with Gasteiger partial charge in [0.2, 0.25) is 0 Å². The van der Waals surface area contributed by atoms with Crippen molar-refractivity contribution in [2.75, 3.05) is 0 Å². The molecule has 0 aliphatic heterocycles. The number of rotatable bonds is 3. The zero-order valence-corrected chi connectivity index (χ0v) is 11.5. The summed E-state index contributed by atoms with van der Waals surface area (Å²) in [5.41, 5.74) is 8.07. The van der Waals surface area contributed by atoms with Crippen LogP contribution in [0.1, 0.15) is 11.4 Å². The number of hydrogen-bond acceptors (Lipinski definition) is 4. The summed E-state index contributed by atoms with van der Waals surface area (Å²) in [5, 5.41) is 6.43. The standard InChI is InChI=1S/C13H10N4S2/c1-2-11-15-13-8(12(14)18)5-6-9(17(13)16-11)10-4-3-7-19-10/h2-7H,1H2,(H2,14,18). The summed E-state index contributed by atoms with van der Waals surface area (Å²) in [5.74, 6) is 0.557. The average Bonchev–Trinajstić information content (AvgIpc) is 3.06. The largest absolute Gasteiger partial charge is 0.389 e. The van der Waals surface area contributed by atoms with Crippen LogP contribution in [0.25, 0.3) is 22.3 Å². The maximum absolute atomic E-state index is 5.73. The molecule has 3 heterocycles. The first-order chi connectivity index (χ1) is 9.20. The van der Waals surface area contributed by atoms with Crippen molar-refractivity contribution in [3.63, 3.8) is 0 Å². The minimum atomic E-state index is 0.311. The second kappa shape index (κ2) is 4.56. The van der Waals surface area contributed by atoms with Crippen molar-refractivity contribution in [2.45, 2.75) is 0 Å². The molecule has 3 aromatic heterocycles. The van der Waals surface area contributed by atoms with Gasteiger partial charge in [-0.05, 0) is 29.7 Å². The van der Waals surface area contributed by atoms with Gasteiger partial charge in [-0.15, -0.1) is 16.4 Å². The Balaban J connectivity index is 2.37. The lowest BCUT2D eigenvalue weighted by Crippen LogP contribution is -2.12. The summed E-state index contributed by atoms with van der Waals surface area (Å²) in [6.07, 6.45) is 1.61. The molecule has 0 saturated carbocycles. The highest BCUT2D eigenvalue weighted by Gasteiger charge is 2.13. The van der Waals surface area contributed by atoms with Crippen LogP contribution in [0.5, 0.6) is 0 Å². The van der Waals surface area contributed by atoms with Gasteiger partial charge in [-0.1, -0.05) is 24.9 Å². The van der Waals surface area contributed by atoms with E-state index in [1.807, 2.05) is 29.6 Å². The van der Waals surface area contributed by atoms with Gasteiger partial charge >= 0.3 is 0 Å². The van der Waals surface area contributed by atoms with E-state index in [0.29, 0.717) is 16.5 Å². The molecule has 0 aromatic carbocycles. The molecule has 0 aliphatic rings. The van der Waals surface area contributed by atoms with Crippen LogP contribution < -0.4 is 5.73 Å². The van der Waals surface area contributed by atoms with E-state index in [0.717, 1.165) is 16.1 Å². The third-order valence-electron chi connectivity index (χ3n) is 2.72. The predicted octanol–water partition coefficient (Wildman–Crippen LogP) is 2.74. The SMILES string of the molecule is C=Cc1nc2c(C(N)=S)ccc(-c3cccs3)n2n1. The number of pyridine rings is 1. The van der Waals surface area contributed by atoms with Gasteiger partial charge in [-0.25, -0.2) is 9.50 Å². The molecule has 0 spiro atoms. The van der Waals surface area contributed by atoms with Gasteiger partial charge in [-0.2, -0.15) is 0 Å². The summed E-state index contributed by atoms with van der Waals surface area (Å²) in [4.78, 5) is 5.82. The number of thiocarbonyl (C=S) groups is 1. The highest BCUT2D eigenvalue weighted by molar-refractivity contribution is 7.80. The molecule has 3 aromatic rings. The number of thiophene rings is 1. The summed E-state index contributed by atoms with van der Waals surface area (Å²) >= 11 is 6.70. The van der Waals surface area contributed by atoms with E-state index in [4.69, 9.17) is 18.0 Å². The van der Waals surface area contributed by atoms with E-state index in [1.165, 1.54) is 0 Å². The van der Waals surface area contributed by atoms with Gasteiger partial charge in [0, 0.05) is 0 Å². The predicted molar refractivity (Wildman–Crippen MR) is 82.3 cm³/mol. The van der Waals surface area contributed by atoms with E-state index >= 15 is 0 Å². The molecular formula is C13H10N4S2. The Kier molecular flexibility index (Phi) is 2.88. The van der Waals surface area contributed by atoms with Gasteiger partial charge in [0.25, 0.3) is 0 Å². The van der Waals surface area contributed by atoms with Gasteiger partial charge in [0.1, 0.15) is 4.99 Å². The van der Waals surface area contributed by atoms with Crippen LogP contribution in [-0.4, -0.2) is 19.6 Å². The summed E-state index contributed by atoms with van der Waals surface area (Å²) < 4.78 is 1.76. The molecule has 94 valence electrons. The molecule has 0 aliphatic carbocycles. The van der Waals surface area contributed by atoms with E-state index in [1.54, 1.807) is 21.9 Å². The average molecular weight is 286 g/mol. The van der Waals surface area contributed by atoms with Crippen LogP contribution in [0.4, 0.5) is 0 Å². The Labute approximate surface area is 119 Å². The Morgan fingerprint density at radius 1 is 1.42 bits per heavy atom. The van der Waals surface area contributed by atoms with E-state index in [2.05, 4.69) is 16.7 Å². The highest BCUT2D eigenvalue weighted by atomic mass is 32.1. The van der Waals surface area contributed by atoms with E-state index < -0.39 is 0 Å². The molecule has 0 bridgehead atoms. The quantitative estimate of drug-likeness (QED) is 0.752. The molecule has 0 unspecified atom stereocenters. The molecule has 19 heavy (non-hydrogen) atoms. The van der Waals surface area contributed by atoms with Gasteiger partial charge < -0.3 is 5.73 Å². The zero-order chi connectivity index (χ0) is 13.4. The Morgan fingerprint density at radius 3 is 2.89 bits per heavy atom. The van der Waals surface area contributed by atoms with Crippen molar-refractivity contribution < 1.29 is 0 Å². The number of fused-ring (bicyclic) bond motifs is 1. The van der Waals surface area contributed by atoms with Crippen LogP contribution >= 0.6 is 23.6 Å². The van der Waals surface area contributed by atoms with Gasteiger partial charge in [-0.3, -0.25) is 0 Å². The fourth-order valence-corrected chi connectivity index (χ4v) is 2.76. The molecular weight excluding hydrogens is 276 g/mol. The first kappa shape index (κ1) is 12.0. The van der Waals surface area contributed by atoms with Crippen LogP contribution in [-0.2, 0) is 0 Å². The van der Waals surface area contributed by atoms with E-state index in [9.17, 15) is 0 Å². The lowest BCUT2D eigenvalue weighted by atomic mass is 10.2. The summed E-state index contributed by atoms with van der Waals surface area (Å²) in [7, 11) is 0. The third-order valence-corrected chi connectivity index (χ3v) is 3.83. The lowest BCUT2D eigenvalue weighted by Gasteiger charge is -2.05. The summed E-state index contributed by atoms with van der Waals surface area (Å²) in [6.45, 7) is 3.69. The second-order valence-corrected chi connectivity index (χ2v) is 5.27. The maximum Gasteiger partial charge on any atom is 0.174 e. The highest BCUT2D eigenvalue weighted by Crippen LogP contribution is 2.26. The number of aromatic nitrogens is 3. The molecule has 0 atom stereocenters. The monoisotopic (exact) mass is 286 g/mol. The molecule has 0 saturated heterocycles. The number of hydrogen-bond donors (Lipinski definition) is 1. The second-order valence-electron chi connectivity index (χ2n) is 3.88. The molecule has 0 amide bonds. The minimum Gasteiger partial charge on any atom is -0.389 e. The van der Waals surface area contributed by atoms with Crippen molar-refractivity contribution >= 4 is 40.3 Å². The van der Waals surface area contributed by atoms with Crippen LogP contribution in [0.2, 0.25) is 0 Å². The first-order valence-electron chi connectivity index (χ1n) is 5.56. The van der Waals surface area contributed by atoms with Crippen LogP contribution in [0.15, 0.2) is 36.2 Å². The van der Waals surface area contributed by atoms with Gasteiger partial charge in [0.15, 0.2) is 11.5 Å². The Morgan fingerprint density at radius 2 is 2.26 bits per heavy atom. The van der Waals surface area contributed by atoms with Gasteiger partial charge in [0.05, 0.1) is 16.1 Å². The summed E-state index contributed by atoms with van der Waals surface area (Å²) in [6, 6.07) is 7.87. The smallest absolute Gasteiger partial charge is 0.174 e. The molecule has 0 radical (unpaired) electrons. The Bertz CT molecular complexity index is 771. The minimum absolute atomic E-state index is 0.311. The lowest BCUT2D eigenvalue weighted by molar-refractivity contribution is 0.963. The molecule has 2 N–H and O–H groups in total. The van der Waals surface area contributed by atoms with Crippen molar-refractivity contribution in [3.8, 4) is 10.6 Å². The fourth-order valence-electron chi connectivity index (χ4n) is 1.87. The van der Waals surface area contributed by atoms with Crippen molar-refractivity contribution in [1.29, 1.82) is 0 Å². The molecule has 3 rings (SSSR count). The third kappa shape index (κ3) is 1.94.